The fourth-order valence-electron chi connectivity index (χ4n) is 0.803. The van der Waals surface area contributed by atoms with Gasteiger partial charge < -0.3 is 4.90 Å². The lowest BCUT2D eigenvalue weighted by Crippen LogP contribution is -2.29. The second kappa shape index (κ2) is 4.95. The first kappa shape index (κ1) is 11.2. The van der Waals surface area contributed by atoms with E-state index in [0.29, 0.717) is 6.54 Å². The van der Waals surface area contributed by atoms with E-state index >= 15 is 0 Å². The summed E-state index contributed by atoms with van der Waals surface area (Å²) in [6.45, 7) is 6.57. The summed E-state index contributed by atoms with van der Waals surface area (Å²) in [7, 11) is -2.78. The molecule has 0 aromatic heterocycles. The van der Waals surface area contributed by atoms with E-state index < -0.39 is 10.8 Å². The zero-order valence-corrected chi connectivity index (χ0v) is 7.97. The van der Waals surface area contributed by atoms with Crippen LogP contribution in [0.3, 0.4) is 0 Å². The topological polar surface area (TPSA) is 69.7 Å². The number of hydrogen-bond acceptors (Lipinski definition) is 4. The van der Waals surface area contributed by atoms with Gasteiger partial charge in [-0.25, -0.2) is 5.14 Å². The summed E-state index contributed by atoms with van der Waals surface area (Å²) >= 11 is 0. The standard InChI is InChI=1S/C6H18N2O2S/c1-3-8(4-2)5-6-11(7,9)10/h9-10H,3-7H2,1-2H3. The van der Waals surface area contributed by atoms with Crippen LogP contribution in [0, 0.1) is 0 Å². The van der Waals surface area contributed by atoms with Crippen LogP contribution in [-0.2, 0) is 0 Å². The van der Waals surface area contributed by atoms with Gasteiger partial charge in [0.15, 0.2) is 0 Å². The number of hydrogen-bond donors (Lipinski definition) is 3. The molecule has 70 valence electrons. The molecule has 0 heterocycles. The van der Waals surface area contributed by atoms with E-state index in [0.717, 1.165) is 13.1 Å². The van der Waals surface area contributed by atoms with Gasteiger partial charge in [-0.05, 0) is 13.1 Å². The minimum absolute atomic E-state index is 0.272. The molecule has 0 saturated carbocycles. The van der Waals surface area contributed by atoms with Crippen LogP contribution in [0.5, 0.6) is 0 Å². The van der Waals surface area contributed by atoms with Gasteiger partial charge in [0.05, 0.1) is 5.75 Å². The maximum absolute atomic E-state index is 8.85. The van der Waals surface area contributed by atoms with Crippen LogP contribution in [0.25, 0.3) is 0 Å². The Labute approximate surface area is 69.9 Å². The van der Waals surface area contributed by atoms with Crippen molar-refractivity contribution in [1.82, 2.24) is 4.90 Å². The van der Waals surface area contributed by atoms with Gasteiger partial charge in [0.25, 0.3) is 0 Å². The fourth-order valence-corrected chi connectivity index (χ4v) is 1.33. The molecular formula is C6H18N2O2S. The average Bonchev–Trinajstić information content (AvgIpc) is 1.88. The van der Waals surface area contributed by atoms with E-state index in [4.69, 9.17) is 14.2 Å². The Morgan fingerprint density at radius 3 is 2.00 bits per heavy atom. The van der Waals surface area contributed by atoms with Gasteiger partial charge in [-0.15, -0.1) is 10.8 Å². The van der Waals surface area contributed by atoms with E-state index in [1.807, 2.05) is 13.8 Å². The summed E-state index contributed by atoms with van der Waals surface area (Å²) in [5.74, 6) is 0.272. The molecule has 0 aliphatic heterocycles. The molecule has 0 aliphatic carbocycles. The van der Waals surface area contributed by atoms with Gasteiger partial charge in [-0.2, -0.15) is 0 Å². The van der Waals surface area contributed by atoms with E-state index in [9.17, 15) is 0 Å². The highest BCUT2D eigenvalue weighted by molar-refractivity contribution is 8.22. The predicted molar refractivity (Wildman–Crippen MR) is 49.7 cm³/mol. The maximum atomic E-state index is 8.85. The zero-order chi connectivity index (χ0) is 8.91. The van der Waals surface area contributed by atoms with Crippen molar-refractivity contribution in [1.29, 1.82) is 0 Å². The lowest BCUT2D eigenvalue weighted by molar-refractivity contribution is 0.318. The third-order valence-corrected chi connectivity index (χ3v) is 2.39. The second-order valence-electron chi connectivity index (χ2n) is 2.45. The quantitative estimate of drug-likeness (QED) is 0.592. The van der Waals surface area contributed by atoms with Crippen LogP contribution < -0.4 is 5.14 Å². The van der Waals surface area contributed by atoms with Crippen molar-refractivity contribution < 1.29 is 9.11 Å². The summed E-state index contributed by atoms with van der Waals surface area (Å²) in [4.78, 5) is 2.10. The highest BCUT2D eigenvalue weighted by Gasteiger charge is 2.06. The van der Waals surface area contributed by atoms with Crippen molar-refractivity contribution in [2.75, 3.05) is 25.4 Å². The number of rotatable bonds is 5. The molecular weight excluding hydrogens is 164 g/mol. The molecule has 0 spiro atoms. The van der Waals surface area contributed by atoms with Crippen molar-refractivity contribution in [2.24, 2.45) is 5.14 Å². The molecule has 0 bridgehead atoms. The normalized spacial score (nSPS) is 14.0. The van der Waals surface area contributed by atoms with Crippen molar-refractivity contribution in [3.8, 4) is 0 Å². The van der Waals surface area contributed by atoms with E-state index in [-0.39, 0.29) is 5.75 Å². The summed E-state index contributed by atoms with van der Waals surface area (Å²) in [6, 6.07) is 0. The average molecular weight is 182 g/mol. The Kier molecular flexibility index (Phi) is 5.03. The van der Waals surface area contributed by atoms with Gasteiger partial charge >= 0.3 is 0 Å². The third kappa shape index (κ3) is 6.58. The zero-order valence-electron chi connectivity index (χ0n) is 7.16. The smallest absolute Gasteiger partial charge is 0.0653 e. The van der Waals surface area contributed by atoms with Gasteiger partial charge in [0, 0.05) is 6.54 Å². The van der Waals surface area contributed by atoms with Crippen LogP contribution in [0.15, 0.2) is 0 Å². The molecule has 0 aromatic carbocycles. The van der Waals surface area contributed by atoms with Crippen molar-refractivity contribution >= 4 is 10.8 Å². The molecule has 0 fully saturated rings. The van der Waals surface area contributed by atoms with Crippen molar-refractivity contribution in [3.63, 3.8) is 0 Å². The summed E-state index contributed by atoms with van der Waals surface area (Å²) in [5, 5.41) is 5.06. The van der Waals surface area contributed by atoms with Crippen LogP contribution in [-0.4, -0.2) is 39.4 Å². The van der Waals surface area contributed by atoms with Gasteiger partial charge in [-0.1, -0.05) is 13.8 Å². The minimum atomic E-state index is -2.78. The first-order valence-corrected chi connectivity index (χ1v) is 5.53. The molecule has 4 N–H and O–H groups in total. The SMILES string of the molecule is CCN(CC)CCS(N)(O)O. The molecule has 0 aliphatic rings. The van der Waals surface area contributed by atoms with Crippen LogP contribution in [0.1, 0.15) is 13.8 Å². The van der Waals surface area contributed by atoms with Crippen molar-refractivity contribution in [3.05, 3.63) is 0 Å². The summed E-state index contributed by atoms with van der Waals surface area (Å²) in [5.41, 5.74) is 0. The van der Waals surface area contributed by atoms with Crippen LogP contribution >= 0.6 is 10.8 Å². The van der Waals surface area contributed by atoms with Gasteiger partial charge in [0.2, 0.25) is 0 Å². The Bertz CT molecular complexity index is 101. The summed E-state index contributed by atoms with van der Waals surface area (Å²) in [6.07, 6.45) is 0. The van der Waals surface area contributed by atoms with E-state index in [2.05, 4.69) is 4.90 Å². The van der Waals surface area contributed by atoms with E-state index in [1.54, 1.807) is 0 Å². The molecule has 0 amide bonds. The maximum Gasteiger partial charge on any atom is 0.0653 e. The molecule has 0 saturated heterocycles. The lowest BCUT2D eigenvalue weighted by atomic mass is 10.5. The molecule has 4 nitrogen and oxygen atoms in total. The molecule has 11 heavy (non-hydrogen) atoms. The Hall–Kier alpha value is 0.190. The largest absolute Gasteiger partial charge is 0.302 e. The molecule has 5 heteroatoms. The molecule has 0 unspecified atom stereocenters. The number of nitrogens with zero attached hydrogens (tertiary/aromatic N) is 1. The van der Waals surface area contributed by atoms with E-state index in [1.165, 1.54) is 0 Å². The highest BCUT2D eigenvalue weighted by atomic mass is 32.3. The van der Waals surface area contributed by atoms with Crippen LogP contribution in [0.2, 0.25) is 0 Å². The minimum Gasteiger partial charge on any atom is -0.302 e. The summed E-state index contributed by atoms with van der Waals surface area (Å²) < 4.78 is 17.7. The second-order valence-corrected chi connectivity index (χ2v) is 4.29. The first-order valence-electron chi connectivity index (χ1n) is 3.75. The van der Waals surface area contributed by atoms with Gasteiger partial charge in [0.1, 0.15) is 0 Å². The Balaban J connectivity index is 3.51. The highest BCUT2D eigenvalue weighted by Crippen LogP contribution is 2.26. The third-order valence-electron chi connectivity index (χ3n) is 1.60. The van der Waals surface area contributed by atoms with Crippen molar-refractivity contribution in [2.45, 2.75) is 13.8 Å². The first-order chi connectivity index (χ1) is 4.99. The molecule has 0 radical (unpaired) electrons. The lowest BCUT2D eigenvalue weighted by Gasteiger charge is -2.29. The van der Waals surface area contributed by atoms with Gasteiger partial charge in [-0.3, -0.25) is 9.11 Å². The monoisotopic (exact) mass is 182 g/mol. The Morgan fingerprint density at radius 1 is 1.27 bits per heavy atom. The fraction of sp³-hybridized carbons (Fsp3) is 1.00. The Morgan fingerprint density at radius 2 is 1.73 bits per heavy atom. The predicted octanol–water partition coefficient (Wildman–Crippen LogP) is 0.953. The molecule has 0 aromatic rings. The van der Waals surface area contributed by atoms with Crippen LogP contribution in [0.4, 0.5) is 0 Å². The molecule has 0 atom stereocenters. The number of nitrogens with two attached hydrogens (primary N) is 1. The molecule has 0 rings (SSSR count).